The number of hydrogen-bond acceptors (Lipinski definition) is 4. The Hall–Kier alpha value is -1.40. The molecule has 2 aromatic rings. The number of H-pyrrole nitrogens is 1. The normalized spacial score (nSPS) is 11.5. The van der Waals surface area contributed by atoms with Gasteiger partial charge in [0.2, 0.25) is 0 Å². The van der Waals surface area contributed by atoms with E-state index in [1.807, 2.05) is 0 Å². The molecule has 5 nitrogen and oxygen atoms in total. The molecule has 0 saturated carbocycles. The molecular formula is C8H6ClN3O2S. The highest BCUT2D eigenvalue weighted by Crippen LogP contribution is 2.20. The fraction of sp³-hybridized carbons (Fsp3) is 0. The van der Waals surface area contributed by atoms with Crippen LogP contribution in [0.3, 0.4) is 0 Å². The van der Waals surface area contributed by atoms with E-state index in [0.717, 1.165) is 0 Å². The van der Waals surface area contributed by atoms with E-state index in [1.54, 1.807) is 12.1 Å². The second-order valence-electron chi connectivity index (χ2n) is 2.80. The standard InChI is InChI=1S/C8H6ClN3O2S/c9-15(13,14)7-3-1-2-6(4-7)8-10-5-11-12-8/h1-5H,(H,10,11,12). The van der Waals surface area contributed by atoms with Gasteiger partial charge in [0.1, 0.15) is 6.33 Å². The fourth-order valence-corrected chi connectivity index (χ4v) is 1.94. The Morgan fingerprint density at radius 2 is 2.13 bits per heavy atom. The SMILES string of the molecule is O=S(=O)(Cl)c1cccc(-c2ncn[nH]2)c1. The molecule has 1 aromatic heterocycles. The maximum Gasteiger partial charge on any atom is 0.261 e. The summed E-state index contributed by atoms with van der Waals surface area (Å²) < 4.78 is 22.1. The molecule has 0 fully saturated rings. The molecule has 0 aliphatic heterocycles. The molecule has 0 amide bonds. The van der Waals surface area contributed by atoms with Gasteiger partial charge in [0.15, 0.2) is 5.82 Å². The Morgan fingerprint density at radius 1 is 1.33 bits per heavy atom. The molecule has 0 aliphatic rings. The highest BCUT2D eigenvalue weighted by Gasteiger charge is 2.11. The second kappa shape index (κ2) is 3.63. The van der Waals surface area contributed by atoms with E-state index in [9.17, 15) is 8.42 Å². The minimum atomic E-state index is -3.71. The van der Waals surface area contributed by atoms with Crippen molar-refractivity contribution in [1.82, 2.24) is 15.2 Å². The lowest BCUT2D eigenvalue weighted by Gasteiger charge is -1.98. The summed E-state index contributed by atoms with van der Waals surface area (Å²) in [6, 6.07) is 6.16. The minimum Gasteiger partial charge on any atom is -0.259 e. The predicted octanol–water partition coefficient (Wildman–Crippen LogP) is 1.40. The van der Waals surface area contributed by atoms with E-state index >= 15 is 0 Å². The molecule has 0 aliphatic carbocycles. The molecule has 1 aromatic carbocycles. The summed E-state index contributed by atoms with van der Waals surface area (Å²) >= 11 is 0. The molecule has 15 heavy (non-hydrogen) atoms. The van der Waals surface area contributed by atoms with Crippen LogP contribution in [0.15, 0.2) is 35.5 Å². The van der Waals surface area contributed by atoms with E-state index in [4.69, 9.17) is 10.7 Å². The Morgan fingerprint density at radius 3 is 2.73 bits per heavy atom. The highest BCUT2D eigenvalue weighted by molar-refractivity contribution is 8.13. The number of aromatic amines is 1. The van der Waals surface area contributed by atoms with Gasteiger partial charge in [0.25, 0.3) is 9.05 Å². The van der Waals surface area contributed by atoms with Crippen LogP contribution < -0.4 is 0 Å². The number of rotatable bonds is 2. The zero-order valence-electron chi connectivity index (χ0n) is 7.38. The van der Waals surface area contributed by atoms with Crippen LogP contribution in [0.5, 0.6) is 0 Å². The summed E-state index contributed by atoms with van der Waals surface area (Å²) in [6.45, 7) is 0. The van der Waals surface area contributed by atoms with Crippen LogP contribution in [0, 0.1) is 0 Å². The van der Waals surface area contributed by atoms with Gasteiger partial charge in [-0.2, -0.15) is 5.10 Å². The second-order valence-corrected chi connectivity index (χ2v) is 5.37. The number of hydrogen-bond donors (Lipinski definition) is 1. The molecule has 0 saturated heterocycles. The average molecular weight is 244 g/mol. The Labute approximate surface area is 90.5 Å². The maximum absolute atomic E-state index is 11.1. The first-order valence-electron chi connectivity index (χ1n) is 3.98. The van der Waals surface area contributed by atoms with E-state index in [-0.39, 0.29) is 4.90 Å². The molecule has 0 atom stereocenters. The first-order chi connectivity index (χ1) is 7.07. The number of nitrogens with one attached hydrogen (secondary N) is 1. The van der Waals surface area contributed by atoms with Gasteiger partial charge in [0, 0.05) is 16.2 Å². The van der Waals surface area contributed by atoms with E-state index in [2.05, 4.69) is 15.2 Å². The maximum atomic E-state index is 11.1. The summed E-state index contributed by atoms with van der Waals surface area (Å²) in [5, 5.41) is 6.30. The lowest BCUT2D eigenvalue weighted by atomic mass is 10.2. The van der Waals surface area contributed by atoms with E-state index in [1.165, 1.54) is 18.5 Å². The molecule has 7 heteroatoms. The largest absolute Gasteiger partial charge is 0.261 e. The lowest BCUT2D eigenvalue weighted by Crippen LogP contribution is -1.91. The van der Waals surface area contributed by atoms with Crippen molar-refractivity contribution < 1.29 is 8.42 Å². The minimum absolute atomic E-state index is 0.0399. The van der Waals surface area contributed by atoms with Gasteiger partial charge < -0.3 is 0 Å². The summed E-state index contributed by atoms with van der Waals surface area (Å²) in [6.07, 6.45) is 1.34. The molecule has 2 rings (SSSR count). The van der Waals surface area contributed by atoms with Gasteiger partial charge in [-0.3, -0.25) is 5.10 Å². The summed E-state index contributed by atoms with van der Waals surface area (Å²) in [5.41, 5.74) is 0.620. The number of halogens is 1. The quantitative estimate of drug-likeness (QED) is 0.809. The molecule has 0 radical (unpaired) electrons. The third-order valence-corrected chi connectivity index (χ3v) is 3.16. The Kier molecular flexibility index (Phi) is 2.45. The van der Waals surface area contributed by atoms with Crippen LogP contribution >= 0.6 is 10.7 Å². The summed E-state index contributed by atoms with van der Waals surface area (Å²) in [4.78, 5) is 3.94. The lowest BCUT2D eigenvalue weighted by molar-refractivity contribution is 0.609. The summed E-state index contributed by atoms with van der Waals surface area (Å²) in [7, 11) is 1.51. The first-order valence-corrected chi connectivity index (χ1v) is 6.29. The molecule has 0 bridgehead atoms. The Bertz CT molecular complexity index is 565. The smallest absolute Gasteiger partial charge is 0.259 e. The van der Waals surface area contributed by atoms with Crippen LogP contribution in [-0.4, -0.2) is 23.6 Å². The average Bonchev–Trinajstić information content (AvgIpc) is 2.69. The van der Waals surface area contributed by atoms with Gasteiger partial charge in [0.05, 0.1) is 4.90 Å². The highest BCUT2D eigenvalue weighted by atomic mass is 35.7. The molecule has 1 heterocycles. The van der Waals surface area contributed by atoms with Gasteiger partial charge in [-0.1, -0.05) is 12.1 Å². The number of aromatic nitrogens is 3. The molecule has 0 unspecified atom stereocenters. The van der Waals surface area contributed by atoms with Crippen molar-refractivity contribution in [2.45, 2.75) is 4.90 Å². The fourth-order valence-electron chi connectivity index (χ4n) is 1.14. The van der Waals surface area contributed by atoms with Gasteiger partial charge in [-0.05, 0) is 12.1 Å². The summed E-state index contributed by atoms with van der Waals surface area (Å²) in [5.74, 6) is 0.497. The van der Waals surface area contributed by atoms with Crippen LogP contribution in [0.4, 0.5) is 0 Å². The van der Waals surface area contributed by atoms with Crippen LogP contribution in [0.2, 0.25) is 0 Å². The Balaban J connectivity index is 2.53. The topological polar surface area (TPSA) is 75.7 Å². The van der Waals surface area contributed by atoms with Crippen LogP contribution in [0.25, 0.3) is 11.4 Å². The number of nitrogens with zero attached hydrogens (tertiary/aromatic N) is 2. The van der Waals surface area contributed by atoms with E-state index < -0.39 is 9.05 Å². The van der Waals surface area contributed by atoms with Crippen molar-refractivity contribution >= 4 is 19.7 Å². The van der Waals surface area contributed by atoms with Crippen LogP contribution in [0.1, 0.15) is 0 Å². The monoisotopic (exact) mass is 243 g/mol. The third kappa shape index (κ3) is 2.16. The van der Waals surface area contributed by atoms with Crippen LogP contribution in [-0.2, 0) is 9.05 Å². The molecule has 1 N–H and O–H groups in total. The van der Waals surface area contributed by atoms with Crippen molar-refractivity contribution in [2.24, 2.45) is 0 Å². The molecule has 78 valence electrons. The van der Waals surface area contributed by atoms with Crippen molar-refractivity contribution in [3.63, 3.8) is 0 Å². The zero-order chi connectivity index (χ0) is 10.9. The predicted molar refractivity (Wildman–Crippen MR) is 54.9 cm³/mol. The third-order valence-electron chi connectivity index (χ3n) is 1.80. The first kappa shape index (κ1) is 10.1. The van der Waals surface area contributed by atoms with Crippen molar-refractivity contribution in [3.05, 3.63) is 30.6 Å². The molecule has 0 spiro atoms. The van der Waals surface area contributed by atoms with Crippen molar-refractivity contribution in [3.8, 4) is 11.4 Å². The number of benzene rings is 1. The van der Waals surface area contributed by atoms with Crippen molar-refractivity contribution in [2.75, 3.05) is 0 Å². The molecular weight excluding hydrogens is 238 g/mol. The van der Waals surface area contributed by atoms with Crippen molar-refractivity contribution in [1.29, 1.82) is 0 Å². The zero-order valence-corrected chi connectivity index (χ0v) is 8.96. The van der Waals surface area contributed by atoms with E-state index in [0.29, 0.717) is 11.4 Å². The van der Waals surface area contributed by atoms with Gasteiger partial charge in [-0.25, -0.2) is 13.4 Å². The van der Waals surface area contributed by atoms with Gasteiger partial charge >= 0.3 is 0 Å². The van der Waals surface area contributed by atoms with Gasteiger partial charge in [-0.15, -0.1) is 0 Å².